The molecule has 0 N–H and O–H groups in total. The van der Waals surface area contributed by atoms with Crippen LogP contribution in [0.1, 0.15) is 37.4 Å². The summed E-state index contributed by atoms with van der Waals surface area (Å²) in [5.41, 5.74) is 1.73. The van der Waals surface area contributed by atoms with E-state index in [-0.39, 0.29) is 6.10 Å². The fraction of sp³-hybridized carbons (Fsp3) is 0.308. The van der Waals surface area contributed by atoms with Gasteiger partial charge in [0.2, 0.25) is 0 Å². The van der Waals surface area contributed by atoms with E-state index in [0.29, 0.717) is 23.8 Å². The number of ether oxygens (including phenoxy) is 4. The summed E-state index contributed by atoms with van der Waals surface area (Å²) in [6, 6.07) is 15.2. The van der Waals surface area contributed by atoms with Gasteiger partial charge in [-0.25, -0.2) is 4.98 Å². The summed E-state index contributed by atoms with van der Waals surface area (Å²) in [6.45, 7) is 2.41. The zero-order valence-corrected chi connectivity index (χ0v) is 18.3. The molecule has 0 amide bonds. The van der Waals surface area contributed by atoms with Crippen LogP contribution in [0, 0.1) is 11.8 Å². The molecule has 1 aromatic carbocycles. The molecule has 4 rings (SSSR count). The van der Waals surface area contributed by atoms with Crippen LogP contribution < -0.4 is 14.2 Å². The molecule has 0 aliphatic heterocycles. The van der Waals surface area contributed by atoms with Gasteiger partial charge < -0.3 is 18.9 Å². The molecule has 2 aromatic heterocycles. The van der Waals surface area contributed by atoms with Crippen molar-refractivity contribution in [3.63, 3.8) is 0 Å². The summed E-state index contributed by atoms with van der Waals surface area (Å²) in [4.78, 5) is 8.50. The van der Waals surface area contributed by atoms with E-state index in [1.54, 1.807) is 25.7 Å². The number of nitrogens with zero attached hydrogens (tertiary/aromatic N) is 2. The molecule has 1 aliphatic rings. The first kappa shape index (κ1) is 21.7. The SMILES string of the molecule is COc1ccc(COC(C)C#Cc2ccc(OC3(Oc4cccnc4)CCC3)cn2)cc1. The fourth-order valence-electron chi connectivity index (χ4n) is 3.20. The zero-order chi connectivity index (χ0) is 22.2. The molecule has 3 aromatic rings. The Morgan fingerprint density at radius 1 is 0.969 bits per heavy atom. The van der Waals surface area contributed by atoms with E-state index in [4.69, 9.17) is 18.9 Å². The number of benzene rings is 1. The average Bonchev–Trinajstić information content (AvgIpc) is 2.82. The van der Waals surface area contributed by atoms with Crippen molar-refractivity contribution in [2.45, 2.75) is 44.7 Å². The van der Waals surface area contributed by atoms with E-state index in [1.165, 1.54) is 0 Å². The summed E-state index contributed by atoms with van der Waals surface area (Å²) < 4.78 is 23.2. The minimum Gasteiger partial charge on any atom is -0.497 e. The van der Waals surface area contributed by atoms with Crippen LogP contribution in [0.3, 0.4) is 0 Å². The number of rotatable bonds is 8. The van der Waals surface area contributed by atoms with Crippen molar-refractivity contribution in [2.24, 2.45) is 0 Å². The lowest BCUT2D eigenvalue weighted by atomic mass is 9.91. The molecule has 1 fully saturated rings. The Bertz CT molecular complexity index is 1050. The largest absolute Gasteiger partial charge is 0.497 e. The molecule has 2 heterocycles. The Morgan fingerprint density at radius 2 is 1.72 bits per heavy atom. The summed E-state index contributed by atoms with van der Waals surface area (Å²) in [5, 5.41) is 0. The molecule has 6 nitrogen and oxygen atoms in total. The van der Waals surface area contributed by atoms with Gasteiger partial charge in [-0.15, -0.1) is 0 Å². The van der Waals surface area contributed by atoms with Gasteiger partial charge in [-0.3, -0.25) is 4.98 Å². The Morgan fingerprint density at radius 3 is 2.31 bits per heavy atom. The fourth-order valence-corrected chi connectivity index (χ4v) is 3.20. The van der Waals surface area contributed by atoms with E-state index in [1.807, 2.05) is 55.5 Å². The van der Waals surface area contributed by atoms with Crippen LogP contribution in [0.25, 0.3) is 0 Å². The van der Waals surface area contributed by atoms with Crippen LogP contribution in [-0.2, 0) is 11.3 Å². The van der Waals surface area contributed by atoms with Crippen molar-refractivity contribution in [3.8, 4) is 29.1 Å². The normalized spacial score (nSPS) is 14.9. The lowest BCUT2D eigenvalue weighted by molar-refractivity contribution is -0.168. The molecule has 1 saturated carbocycles. The standard InChI is InChI=1S/C26H26N2O4/c1-20(30-19-21-7-11-23(29-2)12-8-21)6-9-22-10-13-25(18-28-22)32-26(14-4-15-26)31-24-5-3-16-27-17-24/h3,5,7-8,10-13,16-18,20H,4,14-15,19H2,1-2H3. The summed E-state index contributed by atoms with van der Waals surface area (Å²) in [6.07, 6.45) is 7.58. The van der Waals surface area contributed by atoms with E-state index in [9.17, 15) is 0 Å². The van der Waals surface area contributed by atoms with Crippen molar-refractivity contribution in [2.75, 3.05) is 7.11 Å². The Balaban J connectivity index is 1.30. The van der Waals surface area contributed by atoms with Crippen molar-refractivity contribution in [3.05, 3.63) is 78.4 Å². The second-order valence-electron chi connectivity index (χ2n) is 7.61. The second kappa shape index (κ2) is 10.2. The minimum absolute atomic E-state index is 0.221. The van der Waals surface area contributed by atoms with Gasteiger partial charge in [0.1, 0.15) is 29.0 Å². The highest BCUT2D eigenvalue weighted by molar-refractivity contribution is 5.32. The van der Waals surface area contributed by atoms with Gasteiger partial charge in [0.05, 0.1) is 26.1 Å². The van der Waals surface area contributed by atoms with E-state index in [0.717, 1.165) is 30.6 Å². The topological polar surface area (TPSA) is 62.7 Å². The first-order chi connectivity index (χ1) is 15.6. The Kier molecular flexibility index (Phi) is 6.88. The van der Waals surface area contributed by atoms with Crippen LogP contribution in [0.5, 0.6) is 17.2 Å². The summed E-state index contributed by atoms with van der Waals surface area (Å²) in [7, 11) is 1.65. The summed E-state index contributed by atoms with van der Waals surface area (Å²) >= 11 is 0. The molecule has 1 atom stereocenters. The molecule has 164 valence electrons. The van der Waals surface area contributed by atoms with Crippen LogP contribution >= 0.6 is 0 Å². The third-order valence-electron chi connectivity index (χ3n) is 5.16. The Hall–Kier alpha value is -3.56. The molecule has 0 saturated heterocycles. The van der Waals surface area contributed by atoms with Crippen LogP contribution in [0.4, 0.5) is 0 Å². The maximum atomic E-state index is 6.13. The van der Waals surface area contributed by atoms with Gasteiger partial charge in [-0.05, 0) is 61.2 Å². The van der Waals surface area contributed by atoms with E-state index < -0.39 is 5.79 Å². The van der Waals surface area contributed by atoms with Crippen molar-refractivity contribution in [1.82, 2.24) is 9.97 Å². The molecule has 0 radical (unpaired) electrons. The van der Waals surface area contributed by atoms with Crippen LogP contribution in [-0.4, -0.2) is 29.0 Å². The number of hydrogen-bond donors (Lipinski definition) is 0. The molecule has 0 spiro atoms. The molecular weight excluding hydrogens is 404 g/mol. The third kappa shape index (κ3) is 5.77. The van der Waals surface area contributed by atoms with Gasteiger partial charge in [-0.1, -0.05) is 18.1 Å². The number of methoxy groups -OCH3 is 1. The van der Waals surface area contributed by atoms with Crippen molar-refractivity contribution >= 4 is 0 Å². The van der Waals surface area contributed by atoms with Crippen molar-refractivity contribution < 1.29 is 18.9 Å². The highest BCUT2D eigenvalue weighted by Gasteiger charge is 2.42. The maximum absolute atomic E-state index is 6.13. The second-order valence-corrected chi connectivity index (χ2v) is 7.61. The van der Waals surface area contributed by atoms with Crippen LogP contribution in [0.2, 0.25) is 0 Å². The molecular formula is C26H26N2O4. The van der Waals surface area contributed by atoms with Gasteiger partial charge >= 0.3 is 0 Å². The average molecular weight is 431 g/mol. The number of pyridine rings is 2. The lowest BCUT2D eigenvalue weighted by Crippen LogP contribution is -2.48. The summed E-state index contributed by atoms with van der Waals surface area (Å²) in [5.74, 6) is 7.67. The van der Waals surface area contributed by atoms with Crippen LogP contribution in [0.15, 0.2) is 67.1 Å². The van der Waals surface area contributed by atoms with Gasteiger partial charge in [-0.2, -0.15) is 0 Å². The van der Waals surface area contributed by atoms with E-state index >= 15 is 0 Å². The molecule has 1 unspecified atom stereocenters. The molecule has 32 heavy (non-hydrogen) atoms. The minimum atomic E-state index is -0.651. The molecule has 1 aliphatic carbocycles. The first-order valence-corrected chi connectivity index (χ1v) is 10.6. The highest BCUT2D eigenvalue weighted by Crippen LogP contribution is 2.38. The van der Waals surface area contributed by atoms with Crippen molar-refractivity contribution in [1.29, 1.82) is 0 Å². The zero-order valence-electron chi connectivity index (χ0n) is 18.3. The lowest BCUT2D eigenvalue weighted by Gasteiger charge is -2.41. The van der Waals surface area contributed by atoms with E-state index in [2.05, 4.69) is 21.8 Å². The monoisotopic (exact) mass is 430 g/mol. The third-order valence-corrected chi connectivity index (χ3v) is 5.16. The van der Waals surface area contributed by atoms with Gasteiger partial charge in [0.15, 0.2) is 0 Å². The van der Waals surface area contributed by atoms with Gasteiger partial charge in [0, 0.05) is 19.0 Å². The Labute approximate surface area is 188 Å². The molecule has 0 bridgehead atoms. The molecule has 6 heteroatoms. The predicted octanol–water partition coefficient (Wildman–Crippen LogP) is 4.78. The maximum Gasteiger partial charge on any atom is 0.251 e. The smallest absolute Gasteiger partial charge is 0.251 e. The quantitative estimate of drug-likeness (QED) is 0.379. The predicted molar refractivity (Wildman–Crippen MR) is 120 cm³/mol. The highest BCUT2D eigenvalue weighted by atomic mass is 16.7. The first-order valence-electron chi connectivity index (χ1n) is 10.6. The number of hydrogen-bond acceptors (Lipinski definition) is 6. The van der Waals surface area contributed by atoms with Gasteiger partial charge in [0.25, 0.3) is 5.79 Å². The number of aromatic nitrogens is 2.